The van der Waals surface area contributed by atoms with Gasteiger partial charge in [-0.15, -0.1) is 12.4 Å². The van der Waals surface area contributed by atoms with Crippen LogP contribution < -0.4 is 10.2 Å². The molecular formula is C15H20ClN3. The van der Waals surface area contributed by atoms with E-state index >= 15 is 0 Å². The Morgan fingerprint density at radius 3 is 2.74 bits per heavy atom. The van der Waals surface area contributed by atoms with E-state index in [9.17, 15) is 0 Å². The number of halogens is 1. The molecule has 0 unspecified atom stereocenters. The zero-order chi connectivity index (χ0) is 12.4. The number of hydrogen-bond donors (Lipinski definition) is 1. The van der Waals surface area contributed by atoms with Gasteiger partial charge < -0.3 is 10.2 Å². The van der Waals surface area contributed by atoms with E-state index in [4.69, 9.17) is 0 Å². The van der Waals surface area contributed by atoms with Crippen molar-refractivity contribution in [1.82, 2.24) is 10.3 Å². The molecule has 1 aromatic carbocycles. The molecule has 0 atom stereocenters. The molecule has 19 heavy (non-hydrogen) atoms. The molecule has 4 heteroatoms. The van der Waals surface area contributed by atoms with E-state index in [0.29, 0.717) is 0 Å². The van der Waals surface area contributed by atoms with Crippen molar-refractivity contribution < 1.29 is 0 Å². The van der Waals surface area contributed by atoms with Gasteiger partial charge in [-0.05, 0) is 18.1 Å². The number of piperazine rings is 1. The Balaban J connectivity index is 0.00000133. The molecule has 2 heterocycles. The van der Waals surface area contributed by atoms with Crippen LogP contribution in [-0.2, 0) is 6.42 Å². The third-order valence-corrected chi connectivity index (χ3v) is 3.67. The van der Waals surface area contributed by atoms with Gasteiger partial charge in [-0.1, -0.05) is 25.1 Å². The molecule has 1 saturated heterocycles. The largest absolute Gasteiger partial charge is 0.368 e. The van der Waals surface area contributed by atoms with Crippen molar-refractivity contribution in [3.8, 4) is 0 Å². The van der Waals surface area contributed by atoms with Crippen LogP contribution in [0.2, 0.25) is 0 Å². The smallest absolute Gasteiger partial charge is 0.0754 e. The average Bonchev–Trinajstić information content (AvgIpc) is 2.47. The Hall–Kier alpha value is -1.32. The lowest BCUT2D eigenvalue weighted by Crippen LogP contribution is -2.43. The minimum atomic E-state index is 0. The lowest BCUT2D eigenvalue weighted by molar-refractivity contribution is 0.590. The zero-order valence-electron chi connectivity index (χ0n) is 11.2. The van der Waals surface area contributed by atoms with E-state index in [1.54, 1.807) is 0 Å². The summed E-state index contributed by atoms with van der Waals surface area (Å²) in [7, 11) is 0. The number of nitrogens with one attached hydrogen (secondary N) is 1. The highest BCUT2D eigenvalue weighted by Gasteiger charge is 2.14. The summed E-state index contributed by atoms with van der Waals surface area (Å²) in [4.78, 5) is 7.02. The van der Waals surface area contributed by atoms with E-state index in [2.05, 4.69) is 46.4 Å². The molecule has 0 bridgehead atoms. The van der Waals surface area contributed by atoms with Gasteiger partial charge in [-0.2, -0.15) is 0 Å². The van der Waals surface area contributed by atoms with Crippen LogP contribution in [0.25, 0.3) is 10.9 Å². The number of benzene rings is 1. The SMILES string of the molecule is CCc1cccc2c(N3CCNCC3)ccnc12.Cl. The molecule has 1 aliphatic heterocycles. The second kappa shape index (κ2) is 6.22. The van der Waals surface area contributed by atoms with Crippen LogP contribution in [-0.4, -0.2) is 31.2 Å². The fourth-order valence-corrected chi connectivity index (χ4v) is 2.69. The molecule has 3 rings (SSSR count). The maximum Gasteiger partial charge on any atom is 0.0754 e. The second-order valence-corrected chi connectivity index (χ2v) is 4.73. The second-order valence-electron chi connectivity index (χ2n) is 4.73. The molecule has 1 fully saturated rings. The quantitative estimate of drug-likeness (QED) is 0.915. The van der Waals surface area contributed by atoms with Crippen molar-refractivity contribution in [2.24, 2.45) is 0 Å². The predicted octanol–water partition coefficient (Wildman–Crippen LogP) is 2.63. The number of fused-ring (bicyclic) bond motifs is 1. The summed E-state index contributed by atoms with van der Waals surface area (Å²) in [5.41, 5.74) is 3.83. The topological polar surface area (TPSA) is 28.2 Å². The van der Waals surface area contributed by atoms with Crippen molar-refractivity contribution in [3.05, 3.63) is 36.0 Å². The van der Waals surface area contributed by atoms with Gasteiger partial charge in [0.2, 0.25) is 0 Å². The average molecular weight is 278 g/mol. The van der Waals surface area contributed by atoms with Gasteiger partial charge in [0.15, 0.2) is 0 Å². The van der Waals surface area contributed by atoms with Crippen molar-refractivity contribution in [2.75, 3.05) is 31.1 Å². The zero-order valence-corrected chi connectivity index (χ0v) is 12.0. The van der Waals surface area contributed by atoms with Crippen LogP contribution in [0.15, 0.2) is 30.5 Å². The highest BCUT2D eigenvalue weighted by Crippen LogP contribution is 2.27. The molecular weight excluding hydrogens is 258 g/mol. The van der Waals surface area contributed by atoms with Crippen molar-refractivity contribution in [1.29, 1.82) is 0 Å². The minimum absolute atomic E-state index is 0. The Morgan fingerprint density at radius 1 is 1.21 bits per heavy atom. The van der Waals surface area contributed by atoms with Crippen LogP contribution in [0.4, 0.5) is 5.69 Å². The fourth-order valence-electron chi connectivity index (χ4n) is 2.69. The Morgan fingerprint density at radius 2 is 2.00 bits per heavy atom. The number of aromatic nitrogens is 1. The van der Waals surface area contributed by atoms with Crippen LogP contribution >= 0.6 is 12.4 Å². The molecule has 1 N–H and O–H groups in total. The van der Waals surface area contributed by atoms with Gasteiger partial charge >= 0.3 is 0 Å². The van der Waals surface area contributed by atoms with Crippen LogP contribution in [0.3, 0.4) is 0 Å². The number of nitrogens with zero attached hydrogens (tertiary/aromatic N) is 2. The minimum Gasteiger partial charge on any atom is -0.368 e. The maximum atomic E-state index is 4.57. The molecule has 0 saturated carbocycles. The summed E-state index contributed by atoms with van der Waals surface area (Å²) in [6.07, 6.45) is 2.98. The number of hydrogen-bond acceptors (Lipinski definition) is 3. The van der Waals surface area contributed by atoms with Gasteiger partial charge in [0.05, 0.1) is 5.52 Å². The number of pyridine rings is 1. The molecule has 0 radical (unpaired) electrons. The summed E-state index contributed by atoms with van der Waals surface area (Å²) >= 11 is 0. The summed E-state index contributed by atoms with van der Waals surface area (Å²) in [6.45, 7) is 6.48. The Kier molecular flexibility index (Phi) is 4.61. The first-order valence-corrected chi connectivity index (χ1v) is 6.72. The summed E-state index contributed by atoms with van der Waals surface area (Å²) in [5, 5.41) is 4.69. The first kappa shape index (κ1) is 14.1. The molecule has 0 amide bonds. The van der Waals surface area contributed by atoms with E-state index in [1.807, 2.05) is 6.20 Å². The van der Waals surface area contributed by atoms with Gasteiger partial charge in [-0.3, -0.25) is 4.98 Å². The molecule has 102 valence electrons. The van der Waals surface area contributed by atoms with Gasteiger partial charge in [0.25, 0.3) is 0 Å². The molecule has 1 aliphatic rings. The van der Waals surface area contributed by atoms with E-state index in [1.165, 1.54) is 16.6 Å². The van der Waals surface area contributed by atoms with Crippen LogP contribution in [0.1, 0.15) is 12.5 Å². The maximum absolute atomic E-state index is 4.57. The number of aryl methyl sites for hydroxylation is 1. The van der Waals surface area contributed by atoms with Gasteiger partial charge in [0, 0.05) is 43.4 Å². The third-order valence-electron chi connectivity index (χ3n) is 3.67. The van der Waals surface area contributed by atoms with Crippen molar-refractivity contribution >= 4 is 29.0 Å². The number of rotatable bonds is 2. The summed E-state index contributed by atoms with van der Waals surface area (Å²) in [6, 6.07) is 8.66. The molecule has 0 aliphatic carbocycles. The fraction of sp³-hybridized carbons (Fsp3) is 0.400. The number of para-hydroxylation sites is 1. The van der Waals surface area contributed by atoms with Gasteiger partial charge in [0.1, 0.15) is 0 Å². The lowest BCUT2D eigenvalue weighted by Gasteiger charge is -2.30. The third kappa shape index (κ3) is 2.67. The van der Waals surface area contributed by atoms with Gasteiger partial charge in [-0.25, -0.2) is 0 Å². The lowest BCUT2D eigenvalue weighted by atomic mass is 10.1. The Labute approximate surface area is 120 Å². The van der Waals surface area contributed by atoms with E-state index in [-0.39, 0.29) is 12.4 Å². The first-order chi connectivity index (χ1) is 8.90. The molecule has 1 aromatic heterocycles. The van der Waals surface area contributed by atoms with E-state index < -0.39 is 0 Å². The molecule has 2 aromatic rings. The van der Waals surface area contributed by atoms with Crippen LogP contribution in [0.5, 0.6) is 0 Å². The highest BCUT2D eigenvalue weighted by molar-refractivity contribution is 5.93. The summed E-state index contributed by atoms with van der Waals surface area (Å²) < 4.78 is 0. The molecule has 0 spiro atoms. The predicted molar refractivity (Wildman–Crippen MR) is 83.5 cm³/mol. The Bertz CT molecular complexity index is 550. The standard InChI is InChI=1S/C15H19N3.ClH/c1-2-12-4-3-5-13-14(6-7-17-15(12)13)18-10-8-16-9-11-18;/h3-7,16H,2,8-11H2,1H3;1H. The van der Waals surface area contributed by atoms with Crippen molar-refractivity contribution in [3.63, 3.8) is 0 Å². The normalized spacial score (nSPS) is 15.3. The van der Waals surface area contributed by atoms with Crippen LogP contribution in [0, 0.1) is 0 Å². The van der Waals surface area contributed by atoms with Crippen molar-refractivity contribution in [2.45, 2.75) is 13.3 Å². The number of anilines is 1. The highest BCUT2D eigenvalue weighted by atomic mass is 35.5. The monoisotopic (exact) mass is 277 g/mol. The first-order valence-electron chi connectivity index (χ1n) is 6.72. The van der Waals surface area contributed by atoms with E-state index in [0.717, 1.165) is 38.1 Å². The summed E-state index contributed by atoms with van der Waals surface area (Å²) in [5.74, 6) is 0. The molecule has 3 nitrogen and oxygen atoms in total.